The molecule has 0 aliphatic rings. The van der Waals surface area contributed by atoms with Crippen LogP contribution in [0, 0.1) is 5.41 Å². The molecule has 2 N–H and O–H groups in total. The summed E-state index contributed by atoms with van der Waals surface area (Å²) in [6.07, 6.45) is 2.15. The number of oxazole rings is 1. The Morgan fingerprint density at radius 2 is 2.33 bits per heavy atom. The highest BCUT2D eigenvalue weighted by molar-refractivity contribution is 5.85. The summed E-state index contributed by atoms with van der Waals surface area (Å²) < 4.78 is 4.96. The molecule has 0 atom stereocenters. The Morgan fingerprint density at radius 1 is 1.67 bits per heavy atom. The topological polar surface area (TPSA) is 75.4 Å². The molecular weight excluding hydrogens is 196 g/mol. The van der Waals surface area contributed by atoms with Gasteiger partial charge in [0.05, 0.1) is 0 Å². The lowest BCUT2D eigenvalue weighted by atomic mass is 9.90. The fourth-order valence-electron chi connectivity index (χ4n) is 0.893. The van der Waals surface area contributed by atoms with Gasteiger partial charge in [-0.1, -0.05) is 20.8 Å². The summed E-state index contributed by atoms with van der Waals surface area (Å²) >= 11 is 0. The van der Waals surface area contributed by atoms with Crippen molar-refractivity contribution in [1.82, 2.24) is 4.98 Å². The van der Waals surface area contributed by atoms with E-state index in [1.807, 2.05) is 0 Å². The zero-order chi connectivity index (χ0) is 11.5. The van der Waals surface area contributed by atoms with Crippen LogP contribution in [0.3, 0.4) is 0 Å². The molecule has 0 saturated carbocycles. The lowest BCUT2D eigenvalue weighted by Crippen LogP contribution is -2.22. The minimum atomic E-state index is -1.08. The second kappa shape index (κ2) is 4.33. The molecule has 0 aliphatic carbocycles. The first-order chi connectivity index (χ1) is 6.94. The second-order valence-electron chi connectivity index (χ2n) is 4.21. The molecule has 84 valence electrons. The molecule has 0 unspecified atom stereocenters. The molecule has 5 nitrogen and oxygen atoms in total. The number of nitrogens with zero attached hydrogens (tertiary/aromatic N) is 1. The van der Waals surface area contributed by atoms with Gasteiger partial charge in [0.15, 0.2) is 5.69 Å². The smallest absolute Gasteiger partial charge is 0.357 e. The summed E-state index contributed by atoms with van der Waals surface area (Å²) in [4.78, 5) is 14.3. The van der Waals surface area contributed by atoms with Crippen LogP contribution in [0.15, 0.2) is 10.7 Å². The molecule has 1 heterocycles. The number of hydrogen-bond donors (Lipinski definition) is 2. The van der Waals surface area contributed by atoms with Gasteiger partial charge in [0.2, 0.25) is 0 Å². The third-order valence-corrected chi connectivity index (χ3v) is 2.40. The van der Waals surface area contributed by atoms with Crippen LogP contribution in [-0.4, -0.2) is 22.6 Å². The summed E-state index contributed by atoms with van der Waals surface area (Å²) in [5, 5.41) is 11.6. The normalized spacial score (nSPS) is 11.4. The number of carbonyl (C=O) groups is 1. The minimum absolute atomic E-state index is 0.0770. The fraction of sp³-hybridized carbons (Fsp3) is 0.600. The van der Waals surface area contributed by atoms with E-state index < -0.39 is 5.97 Å². The number of rotatable bonds is 5. The lowest BCUT2D eigenvalue weighted by Gasteiger charge is -2.21. The Bertz CT molecular complexity index is 344. The van der Waals surface area contributed by atoms with Crippen molar-refractivity contribution in [2.45, 2.75) is 27.2 Å². The average molecular weight is 212 g/mol. The molecule has 0 spiro atoms. The summed E-state index contributed by atoms with van der Waals surface area (Å²) in [6.45, 7) is 7.02. The van der Waals surface area contributed by atoms with E-state index in [0.29, 0.717) is 6.54 Å². The molecule has 15 heavy (non-hydrogen) atoms. The first-order valence-electron chi connectivity index (χ1n) is 4.87. The number of hydrogen-bond acceptors (Lipinski definition) is 4. The van der Waals surface area contributed by atoms with Gasteiger partial charge in [-0.15, -0.1) is 0 Å². The first kappa shape index (κ1) is 11.6. The maximum atomic E-state index is 10.5. The van der Waals surface area contributed by atoms with Crippen LogP contribution in [-0.2, 0) is 0 Å². The lowest BCUT2D eigenvalue weighted by molar-refractivity contribution is 0.0690. The van der Waals surface area contributed by atoms with Crippen molar-refractivity contribution in [2.24, 2.45) is 5.41 Å². The van der Waals surface area contributed by atoms with Gasteiger partial charge in [-0.2, -0.15) is 4.98 Å². The highest BCUT2D eigenvalue weighted by Crippen LogP contribution is 2.20. The quantitative estimate of drug-likeness (QED) is 0.782. The van der Waals surface area contributed by atoms with E-state index in [2.05, 4.69) is 31.1 Å². The van der Waals surface area contributed by atoms with E-state index in [1.165, 1.54) is 0 Å². The average Bonchev–Trinajstić information content (AvgIpc) is 2.63. The SMILES string of the molecule is CCC(C)(C)CNc1nc(C(=O)O)co1. The van der Waals surface area contributed by atoms with Gasteiger partial charge in [-0.3, -0.25) is 0 Å². The van der Waals surface area contributed by atoms with Gasteiger partial charge in [-0.25, -0.2) is 4.79 Å². The van der Waals surface area contributed by atoms with Crippen LogP contribution < -0.4 is 5.32 Å². The molecule has 5 heteroatoms. The molecule has 0 bridgehead atoms. The number of carboxylic acids is 1. The maximum absolute atomic E-state index is 10.5. The van der Waals surface area contributed by atoms with E-state index in [4.69, 9.17) is 9.52 Å². The van der Waals surface area contributed by atoms with Gasteiger partial charge < -0.3 is 14.8 Å². The Morgan fingerprint density at radius 3 is 2.80 bits per heavy atom. The highest BCUT2D eigenvalue weighted by Gasteiger charge is 2.16. The van der Waals surface area contributed by atoms with Crippen LogP contribution in [0.1, 0.15) is 37.7 Å². The third kappa shape index (κ3) is 3.27. The highest BCUT2D eigenvalue weighted by atomic mass is 16.4. The standard InChI is InChI=1S/C10H16N2O3/c1-4-10(2,3)6-11-9-12-7(5-15-9)8(13)14/h5H,4,6H2,1-3H3,(H,11,12)(H,13,14). The van der Waals surface area contributed by atoms with Gasteiger partial charge in [0.1, 0.15) is 6.26 Å². The van der Waals surface area contributed by atoms with Crippen LogP contribution in [0.5, 0.6) is 0 Å². The van der Waals surface area contributed by atoms with Crippen molar-refractivity contribution >= 4 is 12.0 Å². The van der Waals surface area contributed by atoms with Crippen molar-refractivity contribution in [3.8, 4) is 0 Å². The van der Waals surface area contributed by atoms with Crippen molar-refractivity contribution in [2.75, 3.05) is 11.9 Å². The van der Waals surface area contributed by atoms with E-state index in [1.54, 1.807) is 0 Å². The summed E-state index contributed by atoms with van der Waals surface area (Å²) in [5.74, 6) is -1.08. The summed E-state index contributed by atoms with van der Waals surface area (Å²) in [5.41, 5.74) is 0.0597. The Labute approximate surface area is 88.5 Å². The molecule has 0 aliphatic heterocycles. The van der Waals surface area contributed by atoms with E-state index in [9.17, 15) is 4.79 Å². The number of anilines is 1. The molecular formula is C10H16N2O3. The molecule has 0 aromatic carbocycles. The van der Waals surface area contributed by atoms with Gasteiger partial charge >= 0.3 is 5.97 Å². The number of nitrogens with one attached hydrogen (secondary N) is 1. The number of aromatic carboxylic acids is 1. The van der Waals surface area contributed by atoms with Crippen LogP contribution >= 0.6 is 0 Å². The van der Waals surface area contributed by atoms with E-state index in [-0.39, 0.29) is 17.1 Å². The van der Waals surface area contributed by atoms with Crippen LogP contribution in [0.25, 0.3) is 0 Å². The molecule has 1 aromatic heterocycles. The van der Waals surface area contributed by atoms with E-state index >= 15 is 0 Å². The predicted molar refractivity (Wildman–Crippen MR) is 56.0 cm³/mol. The second-order valence-corrected chi connectivity index (χ2v) is 4.21. The largest absolute Gasteiger partial charge is 0.476 e. The van der Waals surface area contributed by atoms with Gasteiger partial charge in [0.25, 0.3) is 6.01 Å². The van der Waals surface area contributed by atoms with Crippen molar-refractivity contribution in [3.63, 3.8) is 0 Å². The monoisotopic (exact) mass is 212 g/mol. The molecule has 0 amide bonds. The molecule has 1 aromatic rings. The van der Waals surface area contributed by atoms with Gasteiger partial charge in [0, 0.05) is 6.54 Å². The van der Waals surface area contributed by atoms with E-state index in [0.717, 1.165) is 12.7 Å². The molecule has 1 rings (SSSR count). The van der Waals surface area contributed by atoms with Gasteiger partial charge in [-0.05, 0) is 11.8 Å². The summed E-state index contributed by atoms with van der Waals surface area (Å²) in [6, 6.07) is 0.258. The van der Waals surface area contributed by atoms with Crippen molar-refractivity contribution in [3.05, 3.63) is 12.0 Å². The van der Waals surface area contributed by atoms with Crippen molar-refractivity contribution in [1.29, 1.82) is 0 Å². The number of aromatic nitrogens is 1. The van der Waals surface area contributed by atoms with Crippen LogP contribution in [0.4, 0.5) is 6.01 Å². The van der Waals surface area contributed by atoms with Crippen LogP contribution in [0.2, 0.25) is 0 Å². The molecule has 0 saturated heterocycles. The minimum Gasteiger partial charge on any atom is -0.476 e. The first-order valence-corrected chi connectivity index (χ1v) is 4.87. The fourth-order valence-corrected chi connectivity index (χ4v) is 0.893. The maximum Gasteiger partial charge on any atom is 0.357 e. The zero-order valence-electron chi connectivity index (χ0n) is 9.20. The Hall–Kier alpha value is -1.52. The molecule has 0 fully saturated rings. The Balaban J connectivity index is 2.55. The summed E-state index contributed by atoms with van der Waals surface area (Å²) in [7, 11) is 0. The number of carboxylic acid groups (broad SMARTS) is 1. The van der Waals surface area contributed by atoms with Crippen molar-refractivity contribution < 1.29 is 14.3 Å². The predicted octanol–water partition coefficient (Wildman–Crippen LogP) is 2.22. The Kier molecular flexibility index (Phi) is 3.34. The molecule has 0 radical (unpaired) electrons. The zero-order valence-corrected chi connectivity index (χ0v) is 9.20. The third-order valence-electron chi connectivity index (χ3n) is 2.40.